The largest absolute Gasteiger partial charge is 0.382 e. The fourth-order valence-electron chi connectivity index (χ4n) is 2.07. The topological polar surface area (TPSA) is 24.1 Å². The number of halogens is 3. The Kier molecular flexibility index (Phi) is 3.80. The molecule has 0 amide bonds. The first-order valence-electron chi connectivity index (χ1n) is 6.09. The van der Waals surface area contributed by atoms with Gasteiger partial charge >= 0.3 is 0 Å². The molecule has 0 aromatic heterocycles. The number of rotatable bonds is 4. The van der Waals surface area contributed by atoms with Crippen LogP contribution in [-0.4, -0.2) is 19.6 Å². The molecule has 2 N–H and O–H groups in total. The van der Waals surface area contributed by atoms with Crippen molar-refractivity contribution in [2.45, 2.75) is 19.3 Å². The van der Waals surface area contributed by atoms with Crippen molar-refractivity contribution in [3.8, 4) is 0 Å². The van der Waals surface area contributed by atoms with Gasteiger partial charge in [-0.15, -0.1) is 0 Å². The van der Waals surface area contributed by atoms with E-state index in [9.17, 15) is 13.2 Å². The Balaban J connectivity index is 2.01. The van der Waals surface area contributed by atoms with Crippen molar-refractivity contribution in [2.24, 2.45) is 5.92 Å². The predicted molar refractivity (Wildman–Crippen MR) is 65.4 cm³/mol. The molecule has 2 rings (SSSR count). The van der Waals surface area contributed by atoms with Crippen LogP contribution in [0, 0.1) is 11.7 Å². The zero-order valence-corrected chi connectivity index (χ0v) is 10.3. The molecular formula is C13H17F3N2. The maximum absolute atomic E-state index is 13.6. The third-order valence-corrected chi connectivity index (χ3v) is 3.22. The van der Waals surface area contributed by atoms with E-state index in [0.29, 0.717) is 12.5 Å². The van der Waals surface area contributed by atoms with E-state index in [1.165, 1.54) is 12.1 Å². The van der Waals surface area contributed by atoms with E-state index in [-0.39, 0.29) is 11.3 Å². The van der Waals surface area contributed by atoms with Crippen molar-refractivity contribution in [3.63, 3.8) is 0 Å². The lowest BCUT2D eigenvalue weighted by Crippen LogP contribution is -2.18. The van der Waals surface area contributed by atoms with Crippen LogP contribution in [0.5, 0.6) is 0 Å². The fourth-order valence-corrected chi connectivity index (χ4v) is 2.07. The first kappa shape index (κ1) is 13.2. The van der Waals surface area contributed by atoms with E-state index in [4.69, 9.17) is 0 Å². The van der Waals surface area contributed by atoms with Gasteiger partial charge in [-0.2, -0.15) is 0 Å². The highest BCUT2D eigenvalue weighted by molar-refractivity contribution is 5.47. The zero-order chi connectivity index (χ0) is 13.2. The van der Waals surface area contributed by atoms with Gasteiger partial charge in [0.05, 0.1) is 5.69 Å². The molecule has 0 spiro atoms. The van der Waals surface area contributed by atoms with Gasteiger partial charge in [0, 0.05) is 19.0 Å². The van der Waals surface area contributed by atoms with Crippen molar-refractivity contribution < 1.29 is 13.2 Å². The molecular weight excluding hydrogens is 241 g/mol. The summed E-state index contributed by atoms with van der Waals surface area (Å²) >= 11 is 0. The van der Waals surface area contributed by atoms with Gasteiger partial charge < -0.3 is 10.6 Å². The summed E-state index contributed by atoms with van der Waals surface area (Å²) in [6.45, 7) is 3.32. The van der Waals surface area contributed by atoms with Crippen molar-refractivity contribution in [2.75, 3.05) is 25.0 Å². The first-order valence-corrected chi connectivity index (χ1v) is 6.09. The van der Waals surface area contributed by atoms with Gasteiger partial charge in [0.15, 0.2) is 0 Å². The van der Waals surface area contributed by atoms with Gasteiger partial charge in [-0.05, 0) is 37.6 Å². The molecule has 0 bridgehead atoms. The standard InChI is InChI=1S/C13H17F3N2/c1-13(15,16)10-2-3-12(11(14)6-10)18-8-9-4-5-17-7-9/h2-3,6,9,17-18H,4-5,7-8H2,1H3. The van der Waals surface area contributed by atoms with Crippen LogP contribution in [-0.2, 0) is 5.92 Å². The molecule has 0 radical (unpaired) electrons. The Hall–Kier alpha value is -1.23. The molecule has 1 aromatic rings. The third-order valence-electron chi connectivity index (χ3n) is 3.22. The normalized spacial score (nSPS) is 20.1. The maximum atomic E-state index is 13.6. The highest BCUT2D eigenvalue weighted by atomic mass is 19.3. The monoisotopic (exact) mass is 258 g/mol. The van der Waals surface area contributed by atoms with Crippen LogP contribution in [0.1, 0.15) is 18.9 Å². The molecule has 1 unspecified atom stereocenters. The molecule has 1 atom stereocenters. The number of hydrogen-bond acceptors (Lipinski definition) is 2. The van der Waals surface area contributed by atoms with Crippen molar-refractivity contribution in [3.05, 3.63) is 29.6 Å². The minimum atomic E-state index is -3.01. The number of nitrogens with one attached hydrogen (secondary N) is 2. The summed E-state index contributed by atoms with van der Waals surface area (Å²) in [5.41, 5.74) is -0.0111. The Labute approximate surface area is 105 Å². The van der Waals surface area contributed by atoms with Crippen LogP contribution in [0.2, 0.25) is 0 Å². The number of benzene rings is 1. The molecule has 1 saturated heterocycles. The van der Waals surface area contributed by atoms with Crippen LogP contribution in [0.3, 0.4) is 0 Å². The van der Waals surface area contributed by atoms with Gasteiger partial charge in [-0.1, -0.05) is 6.07 Å². The minimum Gasteiger partial charge on any atom is -0.382 e. The summed E-state index contributed by atoms with van der Waals surface area (Å²) in [4.78, 5) is 0. The molecule has 100 valence electrons. The lowest BCUT2D eigenvalue weighted by Gasteiger charge is -2.15. The number of alkyl halides is 2. The molecule has 2 nitrogen and oxygen atoms in total. The molecule has 1 heterocycles. The van der Waals surface area contributed by atoms with Crippen molar-refractivity contribution >= 4 is 5.69 Å². The molecule has 1 aromatic carbocycles. The molecule has 1 aliphatic rings. The van der Waals surface area contributed by atoms with E-state index in [1.54, 1.807) is 0 Å². The van der Waals surface area contributed by atoms with Gasteiger partial charge in [0.1, 0.15) is 5.82 Å². The maximum Gasteiger partial charge on any atom is 0.270 e. The van der Waals surface area contributed by atoms with E-state index in [0.717, 1.165) is 32.5 Å². The van der Waals surface area contributed by atoms with E-state index in [1.807, 2.05) is 0 Å². The highest BCUT2D eigenvalue weighted by Gasteiger charge is 2.25. The second-order valence-electron chi connectivity index (χ2n) is 4.82. The Morgan fingerprint density at radius 1 is 1.44 bits per heavy atom. The SMILES string of the molecule is CC(F)(F)c1ccc(NCC2CCNC2)c(F)c1. The fraction of sp³-hybridized carbons (Fsp3) is 0.538. The summed E-state index contributed by atoms with van der Waals surface area (Å²) in [6.07, 6.45) is 1.06. The van der Waals surface area contributed by atoms with Crippen molar-refractivity contribution in [1.82, 2.24) is 5.32 Å². The van der Waals surface area contributed by atoms with Crippen molar-refractivity contribution in [1.29, 1.82) is 0 Å². The minimum absolute atomic E-state index is 0.287. The van der Waals surface area contributed by atoms with Crippen LogP contribution in [0.4, 0.5) is 18.9 Å². The van der Waals surface area contributed by atoms with E-state index in [2.05, 4.69) is 10.6 Å². The van der Waals surface area contributed by atoms with Crippen LogP contribution in [0.15, 0.2) is 18.2 Å². The Bertz CT molecular complexity index is 409. The summed E-state index contributed by atoms with van der Waals surface area (Å²) in [7, 11) is 0. The van der Waals surface area contributed by atoms with Crippen LogP contribution >= 0.6 is 0 Å². The van der Waals surface area contributed by atoms with Gasteiger partial charge in [-0.3, -0.25) is 0 Å². The molecule has 1 fully saturated rings. The van der Waals surface area contributed by atoms with Crippen LogP contribution in [0.25, 0.3) is 0 Å². The highest BCUT2D eigenvalue weighted by Crippen LogP contribution is 2.29. The first-order chi connectivity index (χ1) is 8.47. The molecule has 0 aliphatic carbocycles. The lowest BCUT2D eigenvalue weighted by molar-refractivity contribution is 0.0172. The molecule has 18 heavy (non-hydrogen) atoms. The quantitative estimate of drug-likeness (QED) is 0.867. The van der Waals surface area contributed by atoms with E-state index >= 15 is 0 Å². The predicted octanol–water partition coefficient (Wildman–Crippen LogP) is 2.96. The molecule has 0 saturated carbocycles. The van der Waals surface area contributed by atoms with Gasteiger partial charge in [0.2, 0.25) is 0 Å². The molecule has 5 heteroatoms. The Morgan fingerprint density at radius 3 is 2.78 bits per heavy atom. The average Bonchev–Trinajstić information content (AvgIpc) is 2.79. The second kappa shape index (κ2) is 5.18. The third kappa shape index (κ3) is 3.16. The smallest absolute Gasteiger partial charge is 0.270 e. The summed E-state index contributed by atoms with van der Waals surface area (Å²) in [5.74, 6) is -3.16. The van der Waals surface area contributed by atoms with Crippen LogP contribution < -0.4 is 10.6 Å². The Morgan fingerprint density at radius 2 is 2.22 bits per heavy atom. The van der Waals surface area contributed by atoms with Gasteiger partial charge in [0.25, 0.3) is 5.92 Å². The second-order valence-corrected chi connectivity index (χ2v) is 4.82. The summed E-state index contributed by atoms with van der Waals surface area (Å²) < 4.78 is 39.6. The lowest BCUT2D eigenvalue weighted by atomic mass is 10.1. The zero-order valence-electron chi connectivity index (χ0n) is 10.3. The molecule has 1 aliphatic heterocycles. The number of anilines is 1. The number of hydrogen-bond donors (Lipinski definition) is 2. The van der Waals surface area contributed by atoms with Gasteiger partial charge in [-0.25, -0.2) is 13.2 Å². The summed E-state index contributed by atoms with van der Waals surface area (Å²) in [6, 6.07) is 3.54. The average molecular weight is 258 g/mol. The summed E-state index contributed by atoms with van der Waals surface area (Å²) in [5, 5.41) is 6.19. The van der Waals surface area contributed by atoms with E-state index < -0.39 is 11.7 Å².